The summed E-state index contributed by atoms with van der Waals surface area (Å²) in [5.74, 6) is 0.259. The van der Waals surface area contributed by atoms with E-state index in [1.54, 1.807) is 0 Å². The van der Waals surface area contributed by atoms with Gasteiger partial charge in [0, 0.05) is 37.9 Å². The maximum Gasteiger partial charge on any atom is 0.239 e. The maximum atomic E-state index is 12.5. The minimum absolute atomic E-state index is 0.0712. The van der Waals surface area contributed by atoms with Crippen molar-refractivity contribution in [2.75, 3.05) is 20.1 Å². The van der Waals surface area contributed by atoms with E-state index in [1.165, 1.54) is 6.42 Å². The monoisotopic (exact) mass is 278 g/mol. The lowest BCUT2D eigenvalue weighted by Crippen LogP contribution is -2.47. The van der Waals surface area contributed by atoms with Gasteiger partial charge in [0.05, 0.1) is 12.2 Å². The van der Waals surface area contributed by atoms with E-state index in [-0.39, 0.29) is 11.9 Å². The van der Waals surface area contributed by atoms with E-state index in [0.717, 1.165) is 44.6 Å². The molecule has 2 heterocycles. The molecular formula is C15H26N4O. The van der Waals surface area contributed by atoms with Crippen LogP contribution in [0.5, 0.6) is 0 Å². The molecule has 0 aliphatic carbocycles. The van der Waals surface area contributed by atoms with Gasteiger partial charge in [0.25, 0.3) is 0 Å². The number of nitrogens with zero attached hydrogens (tertiary/aromatic N) is 4. The van der Waals surface area contributed by atoms with Gasteiger partial charge in [0.2, 0.25) is 5.91 Å². The van der Waals surface area contributed by atoms with Crippen molar-refractivity contribution in [1.82, 2.24) is 19.6 Å². The summed E-state index contributed by atoms with van der Waals surface area (Å²) in [4.78, 5) is 16.6. The molecule has 1 aliphatic rings. The van der Waals surface area contributed by atoms with Crippen LogP contribution in [0.4, 0.5) is 0 Å². The maximum absolute atomic E-state index is 12.5. The lowest BCUT2D eigenvalue weighted by atomic mass is 10.1. The van der Waals surface area contributed by atoms with Gasteiger partial charge in [-0.3, -0.25) is 14.4 Å². The molecule has 1 amide bonds. The van der Waals surface area contributed by atoms with Gasteiger partial charge in [-0.25, -0.2) is 0 Å². The van der Waals surface area contributed by atoms with Crippen LogP contribution in [-0.2, 0) is 17.9 Å². The third-order valence-electron chi connectivity index (χ3n) is 4.13. The minimum Gasteiger partial charge on any atom is -0.341 e. The summed E-state index contributed by atoms with van der Waals surface area (Å²) >= 11 is 0. The van der Waals surface area contributed by atoms with Crippen LogP contribution in [-0.4, -0.2) is 51.7 Å². The second-order valence-electron chi connectivity index (χ2n) is 5.68. The van der Waals surface area contributed by atoms with Crippen LogP contribution in [0.2, 0.25) is 0 Å². The van der Waals surface area contributed by atoms with Crippen molar-refractivity contribution in [3.63, 3.8) is 0 Å². The fourth-order valence-electron chi connectivity index (χ4n) is 2.65. The Kier molecular flexibility index (Phi) is 5.17. The van der Waals surface area contributed by atoms with Crippen LogP contribution in [0.25, 0.3) is 0 Å². The van der Waals surface area contributed by atoms with Crippen molar-refractivity contribution < 1.29 is 4.79 Å². The summed E-state index contributed by atoms with van der Waals surface area (Å²) in [6, 6.07) is -0.0712. The van der Waals surface area contributed by atoms with Crippen LogP contribution >= 0.6 is 0 Å². The van der Waals surface area contributed by atoms with Crippen LogP contribution in [0.15, 0.2) is 12.4 Å². The summed E-state index contributed by atoms with van der Waals surface area (Å²) in [7, 11) is 2.01. The Labute approximate surface area is 121 Å². The Morgan fingerprint density at radius 3 is 2.70 bits per heavy atom. The lowest BCUT2D eigenvalue weighted by Gasteiger charge is -2.32. The molecule has 1 aromatic heterocycles. The number of likely N-dealkylation sites (N-methyl/N-ethyl adjacent to an activating group) is 1. The van der Waals surface area contributed by atoms with Crippen LogP contribution < -0.4 is 0 Å². The summed E-state index contributed by atoms with van der Waals surface area (Å²) in [6.45, 7) is 7.56. The second kappa shape index (κ2) is 6.88. The number of hydrogen-bond donors (Lipinski definition) is 0. The molecular weight excluding hydrogens is 252 g/mol. The van der Waals surface area contributed by atoms with Crippen LogP contribution in [0.3, 0.4) is 0 Å². The number of carbonyl (C=O) groups is 1. The molecule has 0 saturated carbocycles. The van der Waals surface area contributed by atoms with Crippen molar-refractivity contribution in [3.05, 3.63) is 18.0 Å². The largest absolute Gasteiger partial charge is 0.341 e. The van der Waals surface area contributed by atoms with E-state index >= 15 is 0 Å². The SMILES string of the molecule is CCn1cc(CN(C)C(C)C(=O)N2CCCCC2)cn1. The van der Waals surface area contributed by atoms with Gasteiger partial charge >= 0.3 is 0 Å². The Bertz CT molecular complexity index is 437. The molecule has 5 nitrogen and oxygen atoms in total. The van der Waals surface area contributed by atoms with Gasteiger partial charge in [-0.05, 0) is 40.2 Å². The zero-order valence-corrected chi connectivity index (χ0v) is 12.9. The minimum atomic E-state index is -0.0712. The normalized spacial score (nSPS) is 17.5. The molecule has 112 valence electrons. The number of carbonyl (C=O) groups excluding carboxylic acids is 1. The average molecular weight is 278 g/mol. The zero-order valence-electron chi connectivity index (χ0n) is 12.9. The number of rotatable bonds is 5. The average Bonchev–Trinajstić information content (AvgIpc) is 2.94. The molecule has 0 N–H and O–H groups in total. The van der Waals surface area contributed by atoms with Gasteiger partial charge < -0.3 is 4.90 Å². The number of aryl methyl sites for hydroxylation is 1. The number of amides is 1. The molecule has 1 fully saturated rings. The predicted octanol–water partition coefficient (Wildman–Crippen LogP) is 1.74. The Balaban J connectivity index is 1.90. The van der Waals surface area contributed by atoms with Crippen molar-refractivity contribution in [3.8, 4) is 0 Å². The molecule has 2 rings (SSSR count). The van der Waals surface area contributed by atoms with Crippen molar-refractivity contribution in [2.24, 2.45) is 0 Å². The van der Waals surface area contributed by atoms with E-state index in [4.69, 9.17) is 0 Å². The lowest BCUT2D eigenvalue weighted by molar-refractivity contribution is -0.137. The smallest absolute Gasteiger partial charge is 0.239 e. The molecule has 1 unspecified atom stereocenters. The van der Waals surface area contributed by atoms with Crippen molar-refractivity contribution >= 4 is 5.91 Å². The summed E-state index contributed by atoms with van der Waals surface area (Å²) in [5.41, 5.74) is 1.16. The topological polar surface area (TPSA) is 41.4 Å². The number of piperidine rings is 1. The molecule has 1 aromatic rings. The van der Waals surface area contributed by atoms with Crippen LogP contribution in [0, 0.1) is 0 Å². The molecule has 0 aromatic carbocycles. The highest BCUT2D eigenvalue weighted by Crippen LogP contribution is 2.13. The highest BCUT2D eigenvalue weighted by atomic mass is 16.2. The van der Waals surface area contributed by atoms with Crippen molar-refractivity contribution in [1.29, 1.82) is 0 Å². The first kappa shape index (κ1) is 15.0. The molecule has 20 heavy (non-hydrogen) atoms. The van der Waals surface area contributed by atoms with Gasteiger partial charge in [-0.15, -0.1) is 0 Å². The quantitative estimate of drug-likeness (QED) is 0.824. The second-order valence-corrected chi connectivity index (χ2v) is 5.68. The highest BCUT2D eigenvalue weighted by molar-refractivity contribution is 5.81. The van der Waals surface area contributed by atoms with E-state index in [2.05, 4.69) is 23.1 Å². The fourth-order valence-corrected chi connectivity index (χ4v) is 2.65. The zero-order chi connectivity index (χ0) is 14.5. The Morgan fingerprint density at radius 1 is 1.40 bits per heavy atom. The summed E-state index contributed by atoms with van der Waals surface area (Å²) < 4.78 is 1.92. The first-order valence-corrected chi connectivity index (χ1v) is 7.62. The number of hydrogen-bond acceptors (Lipinski definition) is 3. The van der Waals surface area contributed by atoms with Gasteiger partial charge in [0.15, 0.2) is 0 Å². The van der Waals surface area contributed by atoms with Crippen LogP contribution in [0.1, 0.15) is 38.7 Å². The highest BCUT2D eigenvalue weighted by Gasteiger charge is 2.25. The number of aromatic nitrogens is 2. The summed E-state index contributed by atoms with van der Waals surface area (Å²) in [5, 5.41) is 4.28. The van der Waals surface area contributed by atoms with Gasteiger partial charge in [-0.1, -0.05) is 0 Å². The number of likely N-dealkylation sites (tertiary alicyclic amines) is 1. The van der Waals surface area contributed by atoms with E-state index < -0.39 is 0 Å². The van der Waals surface area contributed by atoms with E-state index in [0.29, 0.717) is 0 Å². The Morgan fingerprint density at radius 2 is 2.10 bits per heavy atom. The predicted molar refractivity (Wildman–Crippen MR) is 79.3 cm³/mol. The van der Waals surface area contributed by atoms with Gasteiger partial charge in [0.1, 0.15) is 0 Å². The Hall–Kier alpha value is -1.36. The van der Waals surface area contributed by atoms with Gasteiger partial charge in [-0.2, -0.15) is 5.10 Å². The molecule has 5 heteroatoms. The standard InChI is InChI=1S/C15H26N4O/c1-4-19-12-14(10-16-19)11-17(3)13(2)15(20)18-8-6-5-7-9-18/h10,12-13H,4-9,11H2,1-3H3. The molecule has 1 saturated heterocycles. The third-order valence-corrected chi connectivity index (χ3v) is 4.13. The van der Waals surface area contributed by atoms with Crippen molar-refractivity contribution in [2.45, 2.75) is 52.2 Å². The first-order valence-electron chi connectivity index (χ1n) is 7.62. The third kappa shape index (κ3) is 3.60. The van der Waals surface area contributed by atoms with E-state index in [9.17, 15) is 4.79 Å². The van der Waals surface area contributed by atoms with E-state index in [1.807, 2.05) is 29.7 Å². The first-order chi connectivity index (χ1) is 9.61. The molecule has 0 bridgehead atoms. The molecule has 1 aliphatic heterocycles. The molecule has 1 atom stereocenters. The fraction of sp³-hybridized carbons (Fsp3) is 0.733. The molecule has 0 radical (unpaired) electrons. The summed E-state index contributed by atoms with van der Waals surface area (Å²) in [6.07, 6.45) is 7.48. The molecule has 0 spiro atoms.